The fourth-order valence-electron chi connectivity index (χ4n) is 10.7. The number of hydrogen-bond acceptors (Lipinski definition) is 1. The lowest BCUT2D eigenvalue weighted by atomic mass is 9.70. The van der Waals surface area contributed by atoms with Gasteiger partial charge in [-0.2, -0.15) is 0 Å². The molecule has 58 heavy (non-hydrogen) atoms. The van der Waals surface area contributed by atoms with Crippen molar-refractivity contribution in [2.75, 3.05) is 4.90 Å². The van der Waals surface area contributed by atoms with Crippen LogP contribution in [0.4, 0.5) is 17.1 Å². The Balaban J connectivity index is 1.15. The Labute approximate surface area is 340 Å². The molecule has 9 aromatic rings. The summed E-state index contributed by atoms with van der Waals surface area (Å²) in [5.41, 5.74) is 21.9. The van der Waals surface area contributed by atoms with Crippen LogP contribution in [0.15, 0.2) is 200 Å². The number of fused-ring (bicyclic) bond motifs is 12. The standard InChI is InChI=1S/C57H41N/c1-2-19-43(20-3-1)58(44-33-31-39(32-34-44)42-30-29-38-15-4-5-17-41(38)35-42)56-37-55-50(36-51(56)46-25-14-18-40-16-6-7-21-45(40)46)49-24-10-13-28-54(49)57(55)52-26-11-8-22-47(52)48-23-9-12-27-53(48)57/h1-5,8-15,17-20,22-37H,6-7,16,21H2. The second kappa shape index (κ2) is 13.0. The second-order valence-electron chi connectivity index (χ2n) is 16.2. The fourth-order valence-corrected chi connectivity index (χ4v) is 10.7. The highest BCUT2D eigenvalue weighted by atomic mass is 15.1. The molecule has 3 aliphatic carbocycles. The third kappa shape index (κ3) is 4.83. The Bertz CT molecular complexity index is 3020. The van der Waals surface area contributed by atoms with E-state index in [2.05, 4.69) is 205 Å². The van der Waals surface area contributed by atoms with Crippen molar-refractivity contribution in [2.45, 2.75) is 31.1 Å². The smallest absolute Gasteiger partial charge is 0.0726 e. The Hall–Kier alpha value is -6.96. The van der Waals surface area contributed by atoms with E-state index in [4.69, 9.17) is 0 Å². The van der Waals surface area contributed by atoms with Gasteiger partial charge in [-0.1, -0.05) is 158 Å². The summed E-state index contributed by atoms with van der Waals surface area (Å²) in [5.74, 6) is 0. The molecular formula is C57H41N. The molecule has 3 aliphatic rings. The lowest BCUT2D eigenvalue weighted by Crippen LogP contribution is -2.26. The van der Waals surface area contributed by atoms with Gasteiger partial charge in [-0.15, -0.1) is 0 Å². The summed E-state index contributed by atoms with van der Waals surface area (Å²) in [6, 6.07) is 75.3. The molecule has 0 bridgehead atoms. The predicted molar refractivity (Wildman–Crippen MR) is 242 cm³/mol. The van der Waals surface area contributed by atoms with Crippen LogP contribution in [0.3, 0.4) is 0 Å². The number of nitrogens with zero attached hydrogens (tertiary/aromatic N) is 1. The number of benzene rings is 9. The van der Waals surface area contributed by atoms with E-state index >= 15 is 0 Å². The number of para-hydroxylation sites is 1. The number of hydrogen-bond donors (Lipinski definition) is 0. The zero-order valence-corrected chi connectivity index (χ0v) is 32.3. The van der Waals surface area contributed by atoms with Crippen LogP contribution in [-0.4, -0.2) is 0 Å². The number of anilines is 3. The summed E-state index contributed by atoms with van der Waals surface area (Å²) in [7, 11) is 0. The largest absolute Gasteiger partial charge is 0.310 e. The summed E-state index contributed by atoms with van der Waals surface area (Å²) >= 11 is 0. The lowest BCUT2D eigenvalue weighted by Gasteiger charge is -2.34. The van der Waals surface area contributed by atoms with Gasteiger partial charge < -0.3 is 4.90 Å². The molecule has 0 unspecified atom stereocenters. The first-order chi connectivity index (χ1) is 28.8. The molecule has 1 nitrogen and oxygen atoms in total. The van der Waals surface area contributed by atoms with Gasteiger partial charge in [0.25, 0.3) is 0 Å². The maximum absolute atomic E-state index is 2.58. The second-order valence-corrected chi connectivity index (χ2v) is 16.2. The van der Waals surface area contributed by atoms with Crippen LogP contribution in [0, 0.1) is 0 Å². The minimum Gasteiger partial charge on any atom is -0.310 e. The summed E-state index contributed by atoms with van der Waals surface area (Å²) in [5, 5.41) is 2.52. The molecule has 0 atom stereocenters. The molecule has 0 saturated heterocycles. The van der Waals surface area contributed by atoms with Gasteiger partial charge in [-0.3, -0.25) is 0 Å². The van der Waals surface area contributed by atoms with Crippen molar-refractivity contribution in [3.63, 3.8) is 0 Å². The minimum absolute atomic E-state index is 0.440. The molecule has 0 aliphatic heterocycles. The van der Waals surface area contributed by atoms with Gasteiger partial charge in [0.1, 0.15) is 0 Å². The van der Waals surface area contributed by atoms with Crippen molar-refractivity contribution >= 4 is 27.8 Å². The van der Waals surface area contributed by atoms with E-state index in [9.17, 15) is 0 Å². The molecule has 0 heterocycles. The highest BCUT2D eigenvalue weighted by molar-refractivity contribution is 6.00. The number of aryl methyl sites for hydroxylation is 1. The first kappa shape index (κ1) is 33.2. The highest BCUT2D eigenvalue weighted by Crippen LogP contribution is 2.64. The van der Waals surface area contributed by atoms with Crippen molar-refractivity contribution in [3.8, 4) is 44.5 Å². The molecular weight excluding hydrogens is 699 g/mol. The van der Waals surface area contributed by atoms with Crippen LogP contribution in [0.1, 0.15) is 46.2 Å². The lowest BCUT2D eigenvalue weighted by molar-refractivity contribution is 0.687. The van der Waals surface area contributed by atoms with E-state index in [1.165, 1.54) is 107 Å². The van der Waals surface area contributed by atoms with Gasteiger partial charge in [-0.25, -0.2) is 0 Å². The third-order valence-corrected chi connectivity index (χ3v) is 13.3. The van der Waals surface area contributed by atoms with E-state index in [1.807, 2.05) is 0 Å². The van der Waals surface area contributed by atoms with Crippen LogP contribution < -0.4 is 4.90 Å². The average molecular weight is 740 g/mol. The summed E-state index contributed by atoms with van der Waals surface area (Å²) in [4.78, 5) is 2.52. The first-order valence-corrected chi connectivity index (χ1v) is 20.8. The van der Waals surface area contributed by atoms with Crippen molar-refractivity contribution in [1.29, 1.82) is 0 Å². The van der Waals surface area contributed by atoms with E-state index in [-0.39, 0.29) is 0 Å². The summed E-state index contributed by atoms with van der Waals surface area (Å²) in [6.07, 6.45) is 4.72. The Morgan fingerprint density at radius 1 is 0.345 bits per heavy atom. The van der Waals surface area contributed by atoms with Crippen LogP contribution in [0.25, 0.3) is 55.3 Å². The van der Waals surface area contributed by atoms with E-state index in [0.29, 0.717) is 0 Å². The van der Waals surface area contributed by atoms with Crippen molar-refractivity contribution in [2.24, 2.45) is 0 Å². The van der Waals surface area contributed by atoms with Crippen LogP contribution >= 0.6 is 0 Å². The number of rotatable bonds is 5. The van der Waals surface area contributed by atoms with Gasteiger partial charge in [0, 0.05) is 16.9 Å². The molecule has 1 heteroatoms. The van der Waals surface area contributed by atoms with Gasteiger partial charge in [0.05, 0.1) is 11.1 Å². The molecule has 0 N–H and O–H groups in total. The first-order valence-electron chi connectivity index (χ1n) is 20.8. The Morgan fingerprint density at radius 2 is 0.914 bits per heavy atom. The van der Waals surface area contributed by atoms with Gasteiger partial charge >= 0.3 is 0 Å². The van der Waals surface area contributed by atoms with Crippen LogP contribution in [-0.2, 0) is 18.3 Å². The molecule has 0 fully saturated rings. The van der Waals surface area contributed by atoms with Gasteiger partial charge in [0.2, 0.25) is 0 Å². The molecule has 9 aromatic carbocycles. The summed E-state index contributed by atoms with van der Waals surface area (Å²) in [6.45, 7) is 0. The van der Waals surface area contributed by atoms with Gasteiger partial charge in [-0.05, 0) is 151 Å². The molecule has 0 saturated carbocycles. The topological polar surface area (TPSA) is 3.24 Å². The summed E-state index contributed by atoms with van der Waals surface area (Å²) < 4.78 is 0. The maximum atomic E-state index is 2.58. The molecule has 0 aromatic heterocycles. The van der Waals surface area contributed by atoms with Crippen molar-refractivity contribution in [3.05, 3.63) is 234 Å². The van der Waals surface area contributed by atoms with Crippen molar-refractivity contribution < 1.29 is 0 Å². The van der Waals surface area contributed by atoms with E-state index in [0.717, 1.165) is 24.2 Å². The molecule has 0 amide bonds. The Morgan fingerprint density at radius 3 is 1.64 bits per heavy atom. The predicted octanol–water partition coefficient (Wildman–Crippen LogP) is 14.9. The maximum Gasteiger partial charge on any atom is 0.0726 e. The van der Waals surface area contributed by atoms with E-state index in [1.54, 1.807) is 0 Å². The SMILES string of the molecule is c1ccc(N(c2ccc(-c3ccc4ccccc4c3)cc2)c2cc3c(cc2-c2cccc4c2CCCC4)-c2ccccc2C32c3ccccc3-c3ccccc32)cc1. The Kier molecular flexibility index (Phi) is 7.47. The van der Waals surface area contributed by atoms with E-state index < -0.39 is 5.41 Å². The molecule has 12 rings (SSSR count). The normalized spacial score (nSPS) is 14.1. The quantitative estimate of drug-likeness (QED) is 0.170. The minimum atomic E-state index is -0.440. The molecule has 274 valence electrons. The average Bonchev–Trinajstić information content (AvgIpc) is 3.76. The third-order valence-electron chi connectivity index (χ3n) is 13.3. The highest BCUT2D eigenvalue weighted by Gasteiger charge is 2.52. The monoisotopic (exact) mass is 739 g/mol. The zero-order valence-electron chi connectivity index (χ0n) is 32.3. The fraction of sp³-hybridized carbons (Fsp3) is 0.0877. The van der Waals surface area contributed by atoms with Crippen molar-refractivity contribution in [1.82, 2.24) is 0 Å². The van der Waals surface area contributed by atoms with Gasteiger partial charge in [0.15, 0.2) is 0 Å². The van der Waals surface area contributed by atoms with Crippen LogP contribution in [0.5, 0.6) is 0 Å². The molecule has 1 spiro atoms. The van der Waals surface area contributed by atoms with Crippen LogP contribution in [0.2, 0.25) is 0 Å². The zero-order chi connectivity index (χ0) is 38.2. The molecule has 0 radical (unpaired) electrons.